The normalized spacial score (nSPS) is 11.0. The molecule has 0 aliphatic carbocycles. The van der Waals surface area contributed by atoms with Crippen LogP contribution in [-0.4, -0.2) is 9.55 Å². The molecule has 1 aromatic carbocycles. The van der Waals surface area contributed by atoms with Crippen LogP contribution in [0.1, 0.15) is 18.3 Å². The quantitative estimate of drug-likeness (QED) is 0.738. The highest BCUT2D eigenvalue weighted by Gasteiger charge is 2.12. The van der Waals surface area contributed by atoms with Crippen molar-refractivity contribution in [3.63, 3.8) is 0 Å². The highest BCUT2D eigenvalue weighted by molar-refractivity contribution is 5.79. The first kappa shape index (κ1) is 10.8. The average Bonchev–Trinajstić information content (AvgIpc) is 2.24. The number of benzene rings is 1. The first-order valence-electron chi connectivity index (χ1n) is 5.22. The van der Waals surface area contributed by atoms with Crippen LogP contribution in [-0.2, 0) is 6.54 Å². The Kier molecular flexibility index (Phi) is 2.50. The van der Waals surface area contributed by atoms with Gasteiger partial charge < -0.3 is 0 Å². The van der Waals surface area contributed by atoms with Crippen molar-refractivity contribution >= 4 is 10.9 Å². The van der Waals surface area contributed by atoms with Crippen LogP contribution in [0.2, 0.25) is 0 Å². The van der Waals surface area contributed by atoms with Crippen LogP contribution in [0.15, 0.2) is 16.9 Å². The zero-order valence-electron chi connectivity index (χ0n) is 9.54. The van der Waals surface area contributed by atoms with Gasteiger partial charge in [-0.2, -0.15) is 0 Å². The van der Waals surface area contributed by atoms with E-state index in [0.29, 0.717) is 23.4 Å². The molecule has 1 heterocycles. The predicted octanol–water partition coefficient (Wildman–Crippen LogP) is 2.17. The third-order valence-corrected chi connectivity index (χ3v) is 2.76. The molecule has 0 N–H and O–H groups in total. The van der Waals surface area contributed by atoms with Crippen LogP contribution >= 0.6 is 0 Å². The average molecular weight is 220 g/mol. The number of aryl methyl sites for hydroxylation is 2. The molecule has 1 aromatic heterocycles. The topological polar surface area (TPSA) is 34.9 Å². The minimum absolute atomic E-state index is 0.0902. The van der Waals surface area contributed by atoms with Crippen molar-refractivity contribution in [2.45, 2.75) is 27.3 Å². The molecule has 0 saturated heterocycles. The summed E-state index contributed by atoms with van der Waals surface area (Å²) < 4.78 is 15.3. The van der Waals surface area contributed by atoms with Gasteiger partial charge in [0.2, 0.25) is 0 Å². The van der Waals surface area contributed by atoms with Gasteiger partial charge in [0, 0.05) is 6.54 Å². The number of fused-ring (bicyclic) bond motifs is 1. The molecule has 0 aliphatic rings. The van der Waals surface area contributed by atoms with Gasteiger partial charge in [0.15, 0.2) is 0 Å². The van der Waals surface area contributed by atoms with Crippen molar-refractivity contribution in [3.05, 3.63) is 39.7 Å². The van der Waals surface area contributed by atoms with Gasteiger partial charge in [0.25, 0.3) is 5.56 Å². The second kappa shape index (κ2) is 3.70. The van der Waals surface area contributed by atoms with Gasteiger partial charge in [-0.3, -0.25) is 9.36 Å². The lowest BCUT2D eigenvalue weighted by Crippen LogP contribution is -2.24. The summed E-state index contributed by atoms with van der Waals surface area (Å²) in [5.74, 6) is 0.153. The molecule has 0 unspecified atom stereocenters. The fraction of sp³-hybridized carbons (Fsp3) is 0.333. The molecule has 0 amide bonds. The minimum Gasteiger partial charge on any atom is -0.297 e. The fourth-order valence-electron chi connectivity index (χ4n) is 1.86. The van der Waals surface area contributed by atoms with Crippen molar-refractivity contribution in [3.8, 4) is 0 Å². The van der Waals surface area contributed by atoms with E-state index in [2.05, 4.69) is 4.98 Å². The second-order valence-corrected chi connectivity index (χ2v) is 3.80. The summed E-state index contributed by atoms with van der Waals surface area (Å²) in [5, 5.41) is 0.0902. The van der Waals surface area contributed by atoms with E-state index in [1.165, 1.54) is 4.57 Å². The van der Waals surface area contributed by atoms with E-state index in [-0.39, 0.29) is 10.9 Å². The maximum atomic E-state index is 13.9. The molecule has 3 nitrogen and oxygen atoms in total. The standard InChI is InChI=1S/C12H13FN2O/c1-4-15-8(3)14-9-6-5-7(2)11(13)10(9)12(15)16/h5-6H,4H2,1-3H3. The number of nitrogens with zero attached hydrogens (tertiary/aromatic N) is 2. The maximum Gasteiger partial charge on any atom is 0.264 e. The molecule has 0 aliphatic heterocycles. The highest BCUT2D eigenvalue weighted by atomic mass is 19.1. The molecule has 2 rings (SSSR count). The van der Waals surface area contributed by atoms with E-state index in [1.54, 1.807) is 26.0 Å². The van der Waals surface area contributed by atoms with Crippen LogP contribution in [0.5, 0.6) is 0 Å². The van der Waals surface area contributed by atoms with Gasteiger partial charge in [-0.1, -0.05) is 6.07 Å². The van der Waals surface area contributed by atoms with E-state index in [1.807, 2.05) is 6.92 Å². The molecule has 4 heteroatoms. The van der Waals surface area contributed by atoms with Crippen molar-refractivity contribution < 1.29 is 4.39 Å². The van der Waals surface area contributed by atoms with Gasteiger partial charge >= 0.3 is 0 Å². The molecule has 16 heavy (non-hydrogen) atoms. The van der Waals surface area contributed by atoms with Crippen molar-refractivity contribution in [2.75, 3.05) is 0 Å². The molecule has 0 saturated carbocycles. The van der Waals surface area contributed by atoms with Gasteiger partial charge in [-0.05, 0) is 32.4 Å². The first-order chi connectivity index (χ1) is 7.56. The summed E-state index contributed by atoms with van der Waals surface area (Å²) in [5.41, 5.74) is 0.597. The Morgan fingerprint density at radius 3 is 2.69 bits per heavy atom. The van der Waals surface area contributed by atoms with E-state index in [9.17, 15) is 9.18 Å². The number of halogens is 1. The summed E-state index contributed by atoms with van der Waals surface area (Å²) in [6, 6.07) is 3.32. The first-order valence-corrected chi connectivity index (χ1v) is 5.22. The monoisotopic (exact) mass is 220 g/mol. The Bertz CT molecular complexity index is 616. The van der Waals surface area contributed by atoms with Gasteiger partial charge in [0.05, 0.1) is 5.52 Å². The molecule has 0 bridgehead atoms. The lowest BCUT2D eigenvalue weighted by Gasteiger charge is -2.09. The summed E-state index contributed by atoms with van der Waals surface area (Å²) in [6.45, 7) is 5.74. The van der Waals surface area contributed by atoms with Crippen molar-refractivity contribution in [1.29, 1.82) is 0 Å². The van der Waals surface area contributed by atoms with Gasteiger partial charge in [-0.25, -0.2) is 9.37 Å². The van der Waals surface area contributed by atoms with Crippen LogP contribution in [0.4, 0.5) is 4.39 Å². The van der Waals surface area contributed by atoms with E-state index in [4.69, 9.17) is 0 Å². The van der Waals surface area contributed by atoms with Gasteiger partial charge in [0.1, 0.15) is 17.0 Å². The lowest BCUT2D eigenvalue weighted by molar-refractivity contribution is 0.621. The molecule has 84 valence electrons. The summed E-state index contributed by atoms with van der Waals surface area (Å²) in [7, 11) is 0. The van der Waals surface area contributed by atoms with E-state index < -0.39 is 5.82 Å². The Morgan fingerprint density at radius 2 is 2.06 bits per heavy atom. The Hall–Kier alpha value is -1.71. The Morgan fingerprint density at radius 1 is 1.38 bits per heavy atom. The minimum atomic E-state index is -0.461. The summed E-state index contributed by atoms with van der Waals surface area (Å²) in [6.07, 6.45) is 0. The number of aromatic nitrogens is 2. The molecular weight excluding hydrogens is 207 g/mol. The number of hydrogen-bond donors (Lipinski definition) is 0. The molecule has 2 aromatic rings. The Labute approximate surface area is 92.5 Å². The lowest BCUT2D eigenvalue weighted by atomic mass is 10.1. The SMILES string of the molecule is CCn1c(C)nc2ccc(C)c(F)c2c1=O. The summed E-state index contributed by atoms with van der Waals surface area (Å²) >= 11 is 0. The van der Waals surface area contributed by atoms with Crippen LogP contribution in [0.25, 0.3) is 10.9 Å². The van der Waals surface area contributed by atoms with Crippen LogP contribution in [0.3, 0.4) is 0 Å². The van der Waals surface area contributed by atoms with Crippen LogP contribution in [0, 0.1) is 19.7 Å². The van der Waals surface area contributed by atoms with E-state index in [0.717, 1.165) is 0 Å². The molecule has 0 spiro atoms. The summed E-state index contributed by atoms with van der Waals surface area (Å²) in [4.78, 5) is 16.3. The third kappa shape index (κ3) is 1.41. The van der Waals surface area contributed by atoms with E-state index >= 15 is 0 Å². The van der Waals surface area contributed by atoms with Crippen molar-refractivity contribution in [2.24, 2.45) is 0 Å². The highest BCUT2D eigenvalue weighted by Crippen LogP contribution is 2.16. The smallest absolute Gasteiger partial charge is 0.264 e. The second-order valence-electron chi connectivity index (χ2n) is 3.80. The molecule has 0 atom stereocenters. The Balaban J connectivity index is 3.01. The number of rotatable bonds is 1. The van der Waals surface area contributed by atoms with Crippen molar-refractivity contribution in [1.82, 2.24) is 9.55 Å². The fourth-order valence-corrected chi connectivity index (χ4v) is 1.86. The predicted molar refractivity (Wildman–Crippen MR) is 61.1 cm³/mol. The molecule has 0 radical (unpaired) electrons. The third-order valence-electron chi connectivity index (χ3n) is 2.76. The maximum absolute atomic E-state index is 13.9. The zero-order chi connectivity index (χ0) is 11.9. The molecular formula is C12H13FN2O. The zero-order valence-corrected chi connectivity index (χ0v) is 9.54. The number of hydrogen-bond acceptors (Lipinski definition) is 2. The van der Waals surface area contributed by atoms with Crippen LogP contribution < -0.4 is 5.56 Å². The largest absolute Gasteiger partial charge is 0.297 e. The van der Waals surface area contributed by atoms with Gasteiger partial charge in [-0.15, -0.1) is 0 Å². The molecule has 0 fully saturated rings.